The van der Waals surface area contributed by atoms with Crippen LogP contribution >= 0.6 is 0 Å². The van der Waals surface area contributed by atoms with Gasteiger partial charge >= 0.3 is 0 Å². The Morgan fingerprint density at radius 2 is 2.13 bits per heavy atom. The minimum Gasteiger partial charge on any atom is -0.368 e. The molecule has 0 spiro atoms. The molecule has 0 amide bonds. The zero-order valence-corrected chi connectivity index (χ0v) is 10.2. The van der Waals surface area contributed by atoms with Crippen LogP contribution in [0.3, 0.4) is 0 Å². The molecule has 1 heterocycles. The van der Waals surface area contributed by atoms with Gasteiger partial charge < -0.3 is 5.32 Å². The molecule has 2 heteroatoms. The summed E-state index contributed by atoms with van der Waals surface area (Å²) in [6.07, 6.45) is 4.30. The van der Waals surface area contributed by atoms with Crippen molar-refractivity contribution in [1.82, 2.24) is 4.98 Å². The molecule has 1 rings (SSSR count). The van der Waals surface area contributed by atoms with Gasteiger partial charge in [0, 0.05) is 12.2 Å². The Hall–Kier alpha value is -1.05. The van der Waals surface area contributed by atoms with Crippen molar-refractivity contribution in [2.45, 2.75) is 46.6 Å². The number of pyridine rings is 1. The minimum atomic E-state index is 0.495. The van der Waals surface area contributed by atoms with E-state index >= 15 is 0 Å². The second kappa shape index (κ2) is 5.74. The molecule has 0 aliphatic rings. The molecule has 0 saturated carbocycles. The van der Waals surface area contributed by atoms with Crippen molar-refractivity contribution < 1.29 is 0 Å². The number of anilines is 1. The lowest BCUT2D eigenvalue weighted by atomic mass is 10.0. The maximum Gasteiger partial charge on any atom is 0.126 e. The third-order valence-electron chi connectivity index (χ3n) is 2.76. The maximum atomic E-state index is 4.30. The van der Waals surface area contributed by atoms with Gasteiger partial charge in [-0.1, -0.05) is 20.3 Å². The molecular formula is C13H22N2. The third kappa shape index (κ3) is 4.32. The van der Waals surface area contributed by atoms with Crippen molar-refractivity contribution in [2.24, 2.45) is 5.92 Å². The summed E-state index contributed by atoms with van der Waals surface area (Å²) in [5.74, 6) is 1.77. The molecule has 1 aromatic heterocycles. The molecule has 15 heavy (non-hydrogen) atoms. The molecule has 0 aliphatic carbocycles. The van der Waals surface area contributed by atoms with Crippen LogP contribution in [0.5, 0.6) is 0 Å². The second-order valence-corrected chi connectivity index (χ2v) is 4.51. The summed E-state index contributed by atoms with van der Waals surface area (Å²) in [6, 6.07) is 4.60. The van der Waals surface area contributed by atoms with Crippen molar-refractivity contribution in [3.63, 3.8) is 0 Å². The Morgan fingerprint density at radius 1 is 1.40 bits per heavy atom. The first-order chi connectivity index (χ1) is 7.11. The van der Waals surface area contributed by atoms with E-state index in [2.05, 4.69) is 44.1 Å². The summed E-state index contributed by atoms with van der Waals surface area (Å²) in [4.78, 5) is 4.30. The van der Waals surface area contributed by atoms with Gasteiger partial charge in [-0.25, -0.2) is 4.98 Å². The number of nitrogens with zero attached hydrogens (tertiary/aromatic N) is 1. The predicted octanol–water partition coefficient (Wildman–Crippen LogP) is 3.63. The topological polar surface area (TPSA) is 24.9 Å². The van der Waals surface area contributed by atoms with Crippen molar-refractivity contribution in [1.29, 1.82) is 0 Å². The quantitative estimate of drug-likeness (QED) is 0.795. The van der Waals surface area contributed by atoms with Crippen LogP contribution in [-0.4, -0.2) is 11.0 Å². The summed E-state index contributed by atoms with van der Waals surface area (Å²) in [7, 11) is 0. The Bertz CT molecular complexity index is 296. The highest BCUT2D eigenvalue weighted by Gasteiger charge is 2.07. The van der Waals surface area contributed by atoms with Crippen LogP contribution in [0.15, 0.2) is 18.3 Å². The Kier molecular flexibility index (Phi) is 4.60. The van der Waals surface area contributed by atoms with Gasteiger partial charge in [-0.3, -0.25) is 0 Å². The van der Waals surface area contributed by atoms with Gasteiger partial charge in [-0.2, -0.15) is 0 Å². The van der Waals surface area contributed by atoms with E-state index in [9.17, 15) is 0 Å². The van der Waals surface area contributed by atoms with Crippen molar-refractivity contribution in [3.05, 3.63) is 23.9 Å². The Balaban J connectivity index is 2.47. The Labute approximate surface area is 93.1 Å². The first-order valence-corrected chi connectivity index (χ1v) is 5.81. The molecule has 2 atom stereocenters. The highest BCUT2D eigenvalue weighted by Crippen LogP contribution is 2.13. The standard InChI is InChI=1S/C13H22N2/c1-5-10(2)8-12(4)15-13-9-11(3)6-7-14-13/h6-7,9-10,12H,5,8H2,1-4H3,(H,14,15). The van der Waals surface area contributed by atoms with E-state index in [1.54, 1.807) is 0 Å². The second-order valence-electron chi connectivity index (χ2n) is 4.51. The molecule has 84 valence electrons. The zero-order chi connectivity index (χ0) is 11.3. The first-order valence-electron chi connectivity index (χ1n) is 5.81. The van der Waals surface area contributed by atoms with E-state index in [1.165, 1.54) is 18.4 Å². The lowest BCUT2D eigenvalue weighted by Gasteiger charge is -2.18. The molecule has 2 nitrogen and oxygen atoms in total. The summed E-state index contributed by atoms with van der Waals surface area (Å²) < 4.78 is 0. The van der Waals surface area contributed by atoms with E-state index in [1.807, 2.05) is 12.3 Å². The molecule has 2 unspecified atom stereocenters. The fourth-order valence-electron chi connectivity index (χ4n) is 1.70. The van der Waals surface area contributed by atoms with Crippen molar-refractivity contribution in [3.8, 4) is 0 Å². The van der Waals surface area contributed by atoms with Gasteiger partial charge in [-0.15, -0.1) is 0 Å². The predicted molar refractivity (Wildman–Crippen MR) is 66.1 cm³/mol. The fraction of sp³-hybridized carbons (Fsp3) is 0.615. The summed E-state index contributed by atoms with van der Waals surface area (Å²) >= 11 is 0. The monoisotopic (exact) mass is 206 g/mol. The lowest BCUT2D eigenvalue weighted by Crippen LogP contribution is -2.18. The van der Waals surface area contributed by atoms with Crippen LogP contribution in [0.2, 0.25) is 0 Å². The van der Waals surface area contributed by atoms with E-state index in [4.69, 9.17) is 0 Å². The number of hydrogen-bond donors (Lipinski definition) is 1. The van der Waals surface area contributed by atoms with Gasteiger partial charge in [0.1, 0.15) is 5.82 Å². The SMILES string of the molecule is CCC(C)CC(C)Nc1cc(C)ccn1. The summed E-state index contributed by atoms with van der Waals surface area (Å²) in [6.45, 7) is 8.84. The minimum absolute atomic E-state index is 0.495. The highest BCUT2D eigenvalue weighted by molar-refractivity contribution is 5.37. The smallest absolute Gasteiger partial charge is 0.126 e. The van der Waals surface area contributed by atoms with Crippen LogP contribution in [0.1, 0.15) is 39.2 Å². The lowest BCUT2D eigenvalue weighted by molar-refractivity contribution is 0.483. The van der Waals surface area contributed by atoms with Gasteiger partial charge in [0.05, 0.1) is 0 Å². The highest BCUT2D eigenvalue weighted by atomic mass is 15.0. The number of aromatic nitrogens is 1. The molecule has 0 bridgehead atoms. The average Bonchev–Trinajstić information content (AvgIpc) is 2.17. The van der Waals surface area contributed by atoms with Crippen LogP contribution in [0, 0.1) is 12.8 Å². The van der Waals surface area contributed by atoms with Gasteiger partial charge in [0.25, 0.3) is 0 Å². The third-order valence-corrected chi connectivity index (χ3v) is 2.76. The molecule has 0 saturated heterocycles. The molecule has 0 aliphatic heterocycles. The van der Waals surface area contributed by atoms with Crippen molar-refractivity contribution in [2.75, 3.05) is 5.32 Å². The summed E-state index contributed by atoms with van der Waals surface area (Å²) in [5, 5.41) is 3.44. The average molecular weight is 206 g/mol. The molecule has 1 N–H and O–H groups in total. The zero-order valence-electron chi connectivity index (χ0n) is 10.2. The first kappa shape index (κ1) is 12.0. The van der Waals surface area contributed by atoms with Crippen LogP contribution < -0.4 is 5.32 Å². The van der Waals surface area contributed by atoms with Crippen LogP contribution in [0.25, 0.3) is 0 Å². The van der Waals surface area contributed by atoms with Crippen LogP contribution in [-0.2, 0) is 0 Å². The van der Waals surface area contributed by atoms with E-state index < -0.39 is 0 Å². The number of nitrogens with one attached hydrogen (secondary N) is 1. The van der Waals surface area contributed by atoms with E-state index in [0.29, 0.717) is 6.04 Å². The van der Waals surface area contributed by atoms with Crippen molar-refractivity contribution >= 4 is 5.82 Å². The maximum absolute atomic E-state index is 4.30. The molecule has 0 radical (unpaired) electrons. The number of hydrogen-bond acceptors (Lipinski definition) is 2. The fourth-order valence-corrected chi connectivity index (χ4v) is 1.70. The van der Waals surface area contributed by atoms with Crippen LogP contribution in [0.4, 0.5) is 5.82 Å². The molecule has 0 fully saturated rings. The summed E-state index contributed by atoms with van der Waals surface area (Å²) in [5.41, 5.74) is 1.25. The molecule has 0 aromatic carbocycles. The largest absolute Gasteiger partial charge is 0.368 e. The van der Waals surface area contributed by atoms with E-state index in [-0.39, 0.29) is 0 Å². The molecular weight excluding hydrogens is 184 g/mol. The Morgan fingerprint density at radius 3 is 2.73 bits per heavy atom. The number of aryl methyl sites for hydroxylation is 1. The van der Waals surface area contributed by atoms with Gasteiger partial charge in [0.15, 0.2) is 0 Å². The normalized spacial score (nSPS) is 14.7. The molecule has 1 aromatic rings. The van der Waals surface area contributed by atoms with E-state index in [0.717, 1.165) is 11.7 Å². The van der Waals surface area contributed by atoms with Gasteiger partial charge in [0.2, 0.25) is 0 Å². The van der Waals surface area contributed by atoms with Gasteiger partial charge in [-0.05, 0) is 43.9 Å². The number of rotatable bonds is 5.